The highest BCUT2D eigenvalue weighted by Crippen LogP contribution is 2.32. The minimum atomic E-state index is 0.754. The molecule has 0 N–H and O–H groups in total. The fourth-order valence-electron chi connectivity index (χ4n) is 3.52. The summed E-state index contributed by atoms with van der Waals surface area (Å²) in [6.07, 6.45) is 3.52. The molecule has 0 atom stereocenters. The maximum atomic E-state index is 4.33. The van der Waals surface area contributed by atoms with Crippen LogP contribution in [-0.4, -0.2) is 9.97 Å². The first-order valence-electron chi connectivity index (χ1n) is 9.70. The van der Waals surface area contributed by atoms with Gasteiger partial charge in [0.2, 0.25) is 0 Å². The third kappa shape index (κ3) is 3.39. The Morgan fingerprint density at radius 2 is 0.767 bits per heavy atom. The van der Waals surface area contributed by atoms with Gasteiger partial charge < -0.3 is 0 Å². The van der Waals surface area contributed by atoms with Crippen molar-refractivity contribution in [1.82, 2.24) is 9.97 Å². The van der Waals surface area contributed by atoms with E-state index in [1.165, 1.54) is 0 Å². The molecule has 0 spiro atoms. The predicted molar refractivity (Wildman–Crippen MR) is 122 cm³/mol. The molecule has 0 saturated heterocycles. The highest BCUT2D eigenvalue weighted by molar-refractivity contribution is 6.09. The minimum absolute atomic E-state index is 0.754. The zero-order chi connectivity index (χ0) is 20.2. The molecule has 5 aromatic rings. The molecule has 0 unspecified atom stereocenters. The van der Waals surface area contributed by atoms with Crippen LogP contribution in [0.25, 0.3) is 21.5 Å². The van der Waals surface area contributed by atoms with Gasteiger partial charge in [0.1, 0.15) is 11.4 Å². The first kappa shape index (κ1) is 17.7. The van der Waals surface area contributed by atoms with Gasteiger partial charge in [-0.3, -0.25) is 0 Å². The van der Waals surface area contributed by atoms with Gasteiger partial charge >= 0.3 is 0 Å². The van der Waals surface area contributed by atoms with E-state index in [0.29, 0.717) is 0 Å². The topological polar surface area (TPSA) is 25.8 Å². The van der Waals surface area contributed by atoms with Crippen LogP contribution in [0.1, 0.15) is 22.5 Å². The Bertz CT molecular complexity index is 1310. The molecule has 0 aliphatic rings. The SMILES string of the molecule is C(#Cc1c2ccccc2c(C#Cc2ccccn2)c2ccccc12)c1ccccn1. The van der Waals surface area contributed by atoms with Crippen LogP contribution in [0, 0.1) is 23.7 Å². The molecule has 0 bridgehead atoms. The fourth-order valence-corrected chi connectivity index (χ4v) is 3.52. The number of pyridine rings is 2. The van der Waals surface area contributed by atoms with Gasteiger partial charge in [-0.2, -0.15) is 0 Å². The zero-order valence-electron chi connectivity index (χ0n) is 16.1. The molecular weight excluding hydrogens is 364 g/mol. The van der Waals surface area contributed by atoms with Crippen molar-refractivity contribution in [3.05, 3.63) is 120 Å². The molecule has 2 nitrogen and oxygen atoms in total. The van der Waals surface area contributed by atoms with E-state index in [2.05, 4.69) is 57.9 Å². The summed E-state index contributed by atoms with van der Waals surface area (Å²) in [7, 11) is 0. The summed E-state index contributed by atoms with van der Waals surface area (Å²) in [5.41, 5.74) is 3.50. The van der Waals surface area contributed by atoms with Crippen molar-refractivity contribution in [3.63, 3.8) is 0 Å². The lowest BCUT2D eigenvalue weighted by atomic mass is 9.92. The van der Waals surface area contributed by atoms with Crippen molar-refractivity contribution in [3.8, 4) is 23.7 Å². The molecule has 0 amide bonds. The molecule has 5 rings (SSSR count). The molecule has 0 saturated carbocycles. The largest absolute Gasteiger partial charge is 0.248 e. The van der Waals surface area contributed by atoms with Crippen LogP contribution in [-0.2, 0) is 0 Å². The summed E-state index contributed by atoms with van der Waals surface area (Å²) >= 11 is 0. The maximum Gasteiger partial charge on any atom is 0.113 e. The first-order chi connectivity index (χ1) is 14.9. The van der Waals surface area contributed by atoms with Gasteiger partial charge in [0.05, 0.1) is 0 Å². The Kier molecular flexibility index (Phi) is 4.67. The van der Waals surface area contributed by atoms with Crippen LogP contribution >= 0.6 is 0 Å². The van der Waals surface area contributed by atoms with Gasteiger partial charge in [-0.1, -0.05) is 72.5 Å². The Hall–Kier alpha value is -4.40. The van der Waals surface area contributed by atoms with Crippen LogP contribution in [0.2, 0.25) is 0 Å². The van der Waals surface area contributed by atoms with Crippen molar-refractivity contribution in [2.75, 3.05) is 0 Å². The molecule has 2 heteroatoms. The molecule has 3 aromatic carbocycles. The number of nitrogens with zero attached hydrogens (tertiary/aromatic N) is 2. The number of hydrogen-bond donors (Lipinski definition) is 0. The Balaban J connectivity index is 1.79. The standard InChI is InChI=1S/C28H16N2/c1-2-12-24-23(11-1)27(17-15-21-9-5-7-19-29-21)25-13-3-4-14-26(25)28(24)18-16-22-10-6-8-20-30-22/h1-14,19-20H. The van der Waals surface area contributed by atoms with E-state index in [-0.39, 0.29) is 0 Å². The summed E-state index contributed by atoms with van der Waals surface area (Å²) in [6, 6.07) is 28.1. The van der Waals surface area contributed by atoms with Crippen molar-refractivity contribution >= 4 is 21.5 Å². The Morgan fingerprint density at radius 1 is 0.400 bits per heavy atom. The lowest BCUT2D eigenvalue weighted by Gasteiger charge is -2.10. The summed E-state index contributed by atoms with van der Waals surface area (Å²) in [6.45, 7) is 0. The highest BCUT2D eigenvalue weighted by Gasteiger charge is 2.11. The fraction of sp³-hybridized carbons (Fsp3) is 0. The van der Waals surface area contributed by atoms with Crippen molar-refractivity contribution < 1.29 is 0 Å². The first-order valence-corrected chi connectivity index (χ1v) is 9.70. The van der Waals surface area contributed by atoms with E-state index in [0.717, 1.165) is 44.1 Å². The second-order valence-corrected chi connectivity index (χ2v) is 6.77. The summed E-state index contributed by atoms with van der Waals surface area (Å²) in [5, 5.41) is 4.35. The maximum absolute atomic E-state index is 4.33. The van der Waals surface area contributed by atoms with Crippen LogP contribution in [0.15, 0.2) is 97.3 Å². The van der Waals surface area contributed by atoms with E-state index in [1.54, 1.807) is 12.4 Å². The second-order valence-electron chi connectivity index (χ2n) is 6.77. The highest BCUT2D eigenvalue weighted by atomic mass is 14.6. The summed E-state index contributed by atoms with van der Waals surface area (Å²) in [4.78, 5) is 8.66. The van der Waals surface area contributed by atoms with Gasteiger partial charge in [-0.25, -0.2) is 9.97 Å². The molecule has 2 heterocycles. The number of benzene rings is 3. The smallest absolute Gasteiger partial charge is 0.113 e. The molecule has 0 fully saturated rings. The monoisotopic (exact) mass is 380 g/mol. The summed E-state index contributed by atoms with van der Waals surface area (Å²) < 4.78 is 0. The minimum Gasteiger partial charge on any atom is -0.248 e. The quantitative estimate of drug-likeness (QED) is 0.259. The predicted octanol–water partition coefficient (Wildman–Crippen LogP) is 5.58. The molecule has 2 aromatic heterocycles. The average molecular weight is 380 g/mol. The van der Waals surface area contributed by atoms with Crippen molar-refractivity contribution in [1.29, 1.82) is 0 Å². The second kappa shape index (κ2) is 7.92. The van der Waals surface area contributed by atoms with Gasteiger partial charge in [-0.15, -0.1) is 0 Å². The van der Waals surface area contributed by atoms with Gasteiger partial charge in [-0.05, 0) is 57.7 Å². The third-order valence-corrected chi connectivity index (χ3v) is 4.89. The van der Waals surface area contributed by atoms with Crippen LogP contribution in [0.4, 0.5) is 0 Å². The third-order valence-electron chi connectivity index (χ3n) is 4.89. The normalized spacial score (nSPS) is 10.1. The number of hydrogen-bond acceptors (Lipinski definition) is 2. The average Bonchev–Trinajstić information content (AvgIpc) is 2.82. The number of rotatable bonds is 0. The van der Waals surface area contributed by atoms with Gasteiger partial charge in [0.15, 0.2) is 0 Å². The Labute approximate surface area is 175 Å². The van der Waals surface area contributed by atoms with E-state index < -0.39 is 0 Å². The van der Waals surface area contributed by atoms with Crippen LogP contribution in [0.5, 0.6) is 0 Å². The van der Waals surface area contributed by atoms with Crippen molar-refractivity contribution in [2.45, 2.75) is 0 Å². The van der Waals surface area contributed by atoms with Crippen molar-refractivity contribution in [2.24, 2.45) is 0 Å². The number of aromatic nitrogens is 2. The summed E-state index contributed by atoms with van der Waals surface area (Å²) in [5.74, 6) is 13.2. The Morgan fingerprint density at radius 3 is 1.10 bits per heavy atom. The lowest BCUT2D eigenvalue weighted by Crippen LogP contribution is -1.91. The zero-order valence-corrected chi connectivity index (χ0v) is 16.1. The molecule has 138 valence electrons. The van der Waals surface area contributed by atoms with E-state index in [4.69, 9.17) is 0 Å². The number of fused-ring (bicyclic) bond motifs is 2. The molecule has 0 aliphatic carbocycles. The van der Waals surface area contributed by atoms with Gasteiger partial charge in [0.25, 0.3) is 0 Å². The van der Waals surface area contributed by atoms with E-state index in [1.807, 2.05) is 60.7 Å². The molecule has 0 radical (unpaired) electrons. The van der Waals surface area contributed by atoms with E-state index >= 15 is 0 Å². The van der Waals surface area contributed by atoms with Crippen LogP contribution < -0.4 is 0 Å². The van der Waals surface area contributed by atoms with Gasteiger partial charge in [0, 0.05) is 23.5 Å². The lowest BCUT2D eigenvalue weighted by molar-refractivity contribution is 1.29. The van der Waals surface area contributed by atoms with Crippen LogP contribution in [0.3, 0.4) is 0 Å². The molecule has 30 heavy (non-hydrogen) atoms. The van der Waals surface area contributed by atoms with E-state index in [9.17, 15) is 0 Å². The molecular formula is C28H16N2. The molecule has 0 aliphatic heterocycles.